The molecule has 0 aromatic rings. The molecule has 4 heteroatoms. The van der Waals surface area contributed by atoms with Crippen molar-refractivity contribution in [1.82, 2.24) is 0 Å². The molecule has 1 N–H and O–H groups in total. The predicted molar refractivity (Wildman–Crippen MR) is 218 cm³/mol. The van der Waals surface area contributed by atoms with Crippen molar-refractivity contribution in [3.8, 4) is 0 Å². The van der Waals surface area contributed by atoms with Gasteiger partial charge in [0.2, 0.25) is 0 Å². The number of hydrogen-bond donors (Lipinski definition) is 1. The topological polar surface area (TPSA) is 63.6 Å². The highest BCUT2D eigenvalue weighted by Crippen LogP contribution is 2.19. The van der Waals surface area contributed by atoms with Crippen molar-refractivity contribution in [2.45, 2.75) is 219 Å². The Hall–Kier alpha value is -2.36. The van der Waals surface area contributed by atoms with Crippen LogP contribution < -0.4 is 0 Å². The molecule has 0 radical (unpaired) electrons. The number of ether oxygens (including phenoxy) is 1. The van der Waals surface area contributed by atoms with E-state index in [1.54, 1.807) is 0 Å². The number of carbonyl (C=O) groups is 2. The molecule has 288 valence electrons. The summed E-state index contributed by atoms with van der Waals surface area (Å²) >= 11 is 0. The van der Waals surface area contributed by atoms with Gasteiger partial charge < -0.3 is 9.84 Å². The van der Waals surface area contributed by atoms with E-state index in [9.17, 15) is 9.59 Å². The minimum absolute atomic E-state index is 0.0168. The van der Waals surface area contributed by atoms with Crippen molar-refractivity contribution in [2.75, 3.05) is 0 Å². The lowest BCUT2D eigenvalue weighted by Gasteiger charge is -2.18. The standard InChI is InChI=1S/C46H80O4/c1-3-5-7-9-11-12-13-14-15-16-17-18-19-20-21-22-23-28-31-35-39-43-46(49)50-44(40-36-32-10-8-6-4-2)41-37-33-29-26-24-25-27-30-34-38-42-45(47)48/h5,7,11-12,14-15,17-18,20-21,44H,3-4,6,8-10,13,16,19,22-43H2,1-2H3,(H,47,48)/b7-5-,12-11-,15-14-,18-17-,21-20-. The van der Waals surface area contributed by atoms with Gasteiger partial charge in [-0.15, -0.1) is 0 Å². The molecule has 0 aliphatic heterocycles. The number of rotatable bonds is 38. The Kier molecular flexibility index (Phi) is 39.1. The van der Waals surface area contributed by atoms with Crippen LogP contribution in [0, 0.1) is 0 Å². The molecular weight excluding hydrogens is 617 g/mol. The van der Waals surface area contributed by atoms with E-state index in [1.807, 2.05) is 0 Å². The zero-order valence-electron chi connectivity index (χ0n) is 32.9. The van der Waals surface area contributed by atoms with Gasteiger partial charge in [-0.2, -0.15) is 0 Å². The molecule has 0 saturated carbocycles. The molecule has 0 fully saturated rings. The van der Waals surface area contributed by atoms with Crippen molar-refractivity contribution in [3.05, 3.63) is 60.8 Å². The normalized spacial score (nSPS) is 12.8. The van der Waals surface area contributed by atoms with Crippen molar-refractivity contribution in [3.63, 3.8) is 0 Å². The van der Waals surface area contributed by atoms with E-state index in [0.29, 0.717) is 12.8 Å². The third-order valence-corrected chi connectivity index (χ3v) is 9.25. The molecule has 1 atom stereocenters. The first-order valence-electron chi connectivity index (χ1n) is 21.3. The molecule has 0 aliphatic rings. The molecule has 50 heavy (non-hydrogen) atoms. The predicted octanol–water partition coefficient (Wildman–Crippen LogP) is 14.9. The average Bonchev–Trinajstić information content (AvgIpc) is 3.10. The molecule has 0 saturated heterocycles. The second-order valence-electron chi connectivity index (χ2n) is 14.2. The van der Waals surface area contributed by atoms with Gasteiger partial charge in [0.25, 0.3) is 0 Å². The molecule has 0 amide bonds. The summed E-state index contributed by atoms with van der Waals surface area (Å²) in [6.07, 6.45) is 56.9. The Balaban J connectivity index is 3.96. The van der Waals surface area contributed by atoms with Gasteiger partial charge in [0.1, 0.15) is 6.10 Å². The smallest absolute Gasteiger partial charge is 0.306 e. The van der Waals surface area contributed by atoms with Crippen LogP contribution >= 0.6 is 0 Å². The largest absolute Gasteiger partial charge is 0.481 e. The summed E-state index contributed by atoms with van der Waals surface area (Å²) in [5.41, 5.74) is 0. The fraction of sp³-hybridized carbons (Fsp3) is 0.739. The Morgan fingerprint density at radius 3 is 1.30 bits per heavy atom. The van der Waals surface area contributed by atoms with Gasteiger partial charge in [-0.05, 0) is 83.5 Å². The first-order chi connectivity index (χ1) is 24.6. The molecule has 0 heterocycles. The van der Waals surface area contributed by atoms with E-state index in [-0.39, 0.29) is 12.1 Å². The Labute approximate surface area is 310 Å². The summed E-state index contributed by atoms with van der Waals surface area (Å²) in [6, 6.07) is 0. The Bertz CT molecular complexity index is 881. The summed E-state index contributed by atoms with van der Waals surface area (Å²) in [7, 11) is 0. The Morgan fingerprint density at radius 2 is 0.840 bits per heavy atom. The van der Waals surface area contributed by atoms with E-state index in [2.05, 4.69) is 74.6 Å². The lowest BCUT2D eigenvalue weighted by atomic mass is 10.0. The minimum Gasteiger partial charge on any atom is -0.481 e. The van der Waals surface area contributed by atoms with Crippen LogP contribution in [0.25, 0.3) is 0 Å². The number of carboxylic acid groups (broad SMARTS) is 1. The van der Waals surface area contributed by atoms with Crippen LogP contribution in [0.5, 0.6) is 0 Å². The van der Waals surface area contributed by atoms with Crippen molar-refractivity contribution >= 4 is 11.9 Å². The molecule has 4 nitrogen and oxygen atoms in total. The first-order valence-corrected chi connectivity index (χ1v) is 21.3. The SMILES string of the molecule is CC/C=C\C/C=C\C/C=C\C/C=C\C/C=C\CCCCCCCC(=O)OC(CCCCCCCC)CCCCCCCCCCCCC(=O)O. The van der Waals surface area contributed by atoms with E-state index in [0.717, 1.165) is 89.9 Å². The summed E-state index contributed by atoms with van der Waals surface area (Å²) in [6.45, 7) is 4.42. The average molecular weight is 697 g/mol. The second kappa shape index (κ2) is 41.1. The molecule has 0 rings (SSSR count). The van der Waals surface area contributed by atoms with Crippen molar-refractivity contribution < 1.29 is 19.4 Å². The lowest BCUT2D eigenvalue weighted by molar-refractivity contribution is -0.150. The van der Waals surface area contributed by atoms with Crippen LogP contribution in [0.3, 0.4) is 0 Å². The van der Waals surface area contributed by atoms with Crippen LogP contribution in [-0.4, -0.2) is 23.1 Å². The molecule has 0 aromatic heterocycles. The van der Waals surface area contributed by atoms with Crippen LogP contribution in [0.15, 0.2) is 60.8 Å². The van der Waals surface area contributed by atoms with E-state index in [4.69, 9.17) is 9.84 Å². The summed E-state index contributed by atoms with van der Waals surface area (Å²) in [4.78, 5) is 23.3. The Morgan fingerprint density at radius 1 is 0.460 bits per heavy atom. The van der Waals surface area contributed by atoms with Crippen LogP contribution in [0.4, 0.5) is 0 Å². The van der Waals surface area contributed by atoms with Crippen LogP contribution in [-0.2, 0) is 14.3 Å². The minimum atomic E-state index is -0.677. The zero-order chi connectivity index (χ0) is 36.4. The highest BCUT2D eigenvalue weighted by atomic mass is 16.5. The fourth-order valence-electron chi connectivity index (χ4n) is 6.15. The van der Waals surface area contributed by atoms with Gasteiger partial charge >= 0.3 is 11.9 Å². The molecule has 0 spiro atoms. The maximum absolute atomic E-state index is 12.7. The maximum atomic E-state index is 12.7. The van der Waals surface area contributed by atoms with Crippen LogP contribution in [0.2, 0.25) is 0 Å². The quantitative estimate of drug-likeness (QED) is 0.0396. The number of allylic oxidation sites excluding steroid dienone is 10. The van der Waals surface area contributed by atoms with E-state index >= 15 is 0 Å². The van der Waals surface area contributed by atoms with Crippen molar-refractivity contribution in [1.29, 1.82) is 0 Å². The number of aliphatic carboxylic acids is 1. The van der Waals surface area contributed by atoms with Crippen LogP contribution in [0.1, 0.15) is 213 Å². The zero-order valence-corrected chi connectivity index (χ0v) is 32.9. The lowest BCUT2D eigenvalue weighted by Crippen LogP contribution is -2.18. The second-order valence-corrected chi connectivity index (χ2v) is 14.2. The molecule has 0 bridgehead atoms. The van der Waals surface area contributed by atoms with E-state index < -0.39 is 5.97 Å². The number of carboxylic acids is 1. The first kappa shape index (κ1) is 47.6. The van der Waals surface area contributed by atoms with E-state index in [1.165, 1.54) is 96.3 Å². The van der Waals surface area contributed by atoms with Gasteiger partial charge in [-0.1, -0.05) is 177 Å². The van der Waals surface area contributed by atoms with Gasteiger partial charge in [0.15, 0.2) is 0 Å². The molecule has 0 aromatic carbocycles. The van der Waals surface area contributed by atoms with Gasteiger partial charge in [0, 0.05) is 12.8 Å². The van der Waals surface area contributed by atoms with Crippen molar-refractivity contribution in [2.24, 2.45) is 0 Å². The van der Waals surface area contributed by atoms with Gasteiger partial charge in [-0.25, -0.2) is 0 Å². The van der Waals surface area contributed by atoms with Gasteiger partial charge in [-0.3, -0.25) is 9.59 Å². The number of esters is 1. The summed E-state index contributed by atoms with van der Waals surface area (Å²) < 4.78 is 6.03. The molecule has 1 unspecified atom stereocenters. The summed E-state index contributed by atoms with van der Waals surface area (Å²) in [5, 5.41) is 8.72. The van der Waals surface area contributed by atoms with Gasteiger partial charge in [0.05, 0.1) is 0 Å². The number of carbonyl (C=O) groups excluding carboxylic acids is 1. The maximum Gasteiger partial charge on any atom is 0.306 e. The highest BCUT2D eigenvalue weighted by Gasteiger charge is 2.14. The monoisotopic (exact) mass is 697 g/mol. The molecular formula is C46H80O4. The fourth-order valence-corrected chi connectivity index (χ4v) is 6.15. The third kappa shape index (κ3) is 40.1. The molecule has 0 aliphatic carbocycles. The third-order valence-electron chi connectivity index (χ3n) is 9.25. The number of hydrogen-bond acceptors (Lipinski definition) is 3. The highest BCUT2D eigenvalue weighted by molar-refractivity contribution is 5.69. The summed E-state index contributed by atoms with van der Waals surface area (Å²) in [5.74, 6) is -0.660. The number of unbranched alkanes of at least 4 members (excludes halogenated alkanes) is 19.